The van der Waals surface area contributed by atoms with E-state index in [1.807, 2.05) is 28.5 Å². The molecule has 2 saturated heterocycles. The fourth-order valence-electron chi connectivity index (χ4n) is 4.38. The predicted molar refractivity (Wildman–Crippen MR) is 104 cm³/mol. The van der Waals surface area contributed by atoms with Gasteiger partial charge in [0.05, 0.1) is 6.20 Å². The highest BCUT2D eigenvalue weighted by Crippen LogP contribution is 2.34. The average Bonchev–Trinajstić information content (AvgIpc) is 3.41. The Hall–Kier alpha value is -3.10. The van der Waals surface area contributed by atoms with E-state index in [1.54, 1.807) is 6.92 Å². The molecular formula is C20H22FN7O. The lowest BCUT2D eigenvalue weighted by Crippen LogP contribution is -2.34. The van der Waals surface area contributed by atoms with Crippen LogP contribution in [0.2, 0.25) is 0 Å². The molecule has 0 N–H and O–H groups in total. The molecule has 0 saturated carbocycles. The first-order valence-corrected chi connectivity index (χ1v) is 9.91. The zero-order valence-corrected chi connectivity index (χ0v) is 16.4. The summed E-state index contributed by atoms with van der Waals surface area (Å²) >= 11 is 0. The summed E-state index contributed by atoms with van der Waals surface area (Å²) in [6.07, 6.45) is 1.90. The lowest BCUT2D eigenvalue weighted by atomic mass is 10.0. The van der Waals surface area contributed by atoms with Crippen molar-refractivity contribution in [2.24, 2.45) is 11.8 Å². The highest BCUT2D eigenvalue weighted by Gasteiger charge is 2.42. The number of carbonyl (C=O) groups excluding carboxylic acids is 1. The van der Waals surface area contributed by atoms with E-state index in [0.717, 1.165) is 43.0 Å². The first-order chi connectivity index (χ1) is 14.0. The van der Waals surface area contributed by atoms with Gasteiger partial charge in [-0.05, 0) is 30.7 Å². The van der Waals surface area contributed by atoms with Gasteiger partial charge >= 0.3 is 0 Å². The lowest BCUT2D eigenvalue weighted by molar-refractivity contribution is 0.0776. The molecule has 29 heavy (non-hydrogen) atoms. The Morgan fingerprint density at radius 1 is 1.17 bits per heavy atom. The molecule has 0 spiro atoms. The number of aryl methyl sites for hydroxylation is 2. The van der Waals surface area contributed by atoms with Gasteiger partial charge in [0.2, 0.25) is 0 Å². The molecule has 5 heterocycles. The van der Waals surface area contributed by atoms with Gasteiger partial charge < -0.3 is 9.80 Å². The van der Waals surface area contributed by atoms with Crippen LogP contribution in [0.5, 0.6) is 0 Å². The monoisotopic (exact) mass is 395 g/mol. The quantitative estimate of drug-likeness (QED) is 0.672. The molecule has 3 aromatic rings. The fraction of sp³-hybridized carbons (Fsp3) is 0.450. The summed E-state index contributed by atoms with van der Waals surface area (Å²) in [7, 11) is 0. The maximum absolute atomic E-state index is 13.4. The number of pyridine rings is 1. The molecule has 2 atom stereocenters. The van der Waals surface area contributed by atoms with Crippen LogP contribution >= 0.6 is 0 Å². The van der Waals surface area contributed by atoms with Crippen LogP contribution in [0.4, 0.5) is 10.2 Å². The second-order valence-electron chi connectivity index (χ2n) is 7.89. The molecule has 1 amide bonds. The third kappa shape index (κ3) is 3.01. The Labute approximate surface area is 167 Å². The summed E-state index contributed by atoms with van der Waals surface area (Å²) in [6.45, 7) is 6.77. The Bertz CT molecular complexity index is 1080. The number of amides is 1. The SMILES string of the molecule is CCc1nnc2ccc(N3CC4CN(C(=O)c5cc(C)c(F)cn5)CC4C3)nn12. The average molecular weight is 395 g/mol. The van der Waals surface area contributed by atoms with Crippen LogP contribution in [0.15, 0.2) is 24.4 Å². The van der Waals surface area contributed by atoms with Gasteiger partial charge in [0.15, 0.2) is 11.5 Å². The number of nitrogens with zero attached hydrogens (tertiary/aromatic N) is 7. The second-order valence-corrected chi connectivity index (χ2v) is 7.89. The van der Waals surface area contributed by atoms with Crippen LogP contribution < -0.4 is 4.90 Å². The first kappa shape index (κ1) is 18.0. The second kappa shape index (κ2) is 6.75. The highest BCUT2D eigenvalue weighted by atomic mass is 19.1. The molecule has 2 fully saturated rings. The third-order valence-electron chi connectivity index (χ3n) is 5.99. The smallest absolute Gasteiger partial charge is 0.272 e. The number of likely N-dealkylation sites (tertiary alicyclic amines) is 1. The normalized spacial score (nSPS) is 21.2. The molecule has 0 aromatic carbocycles. The maximum Gasteiger partial charge on any atom is 0.272 e. The predicted octanol–water partition coefficient (Wildman–Crippen LogP) is 1.74. The van der Waals surface area contributed by atoms with E-state index in [0.29, 0.717) is 36.2 Å². The Morgan fingerprint density at radius 2 is 1.93 bits per heavy atom. The van der Waals surface area contributed by atoms with Crippen LogP contribution in [0, 0.1) is 24.6 Å². The number of hydrogen-bond donors (Lipinski definition) is 0. The largest absolute Gasteiger partial charge is 0.354 e. The minimum Gasteiger partial charge on any atom is -0.354 e. The molecule has 0 radical (unpaired) electrons. The topological polar surface area (TPSA) is 79.5 Å². The van der Waals surface area contributed by atoms with Crippen molar-refractivity contribution in [3.8, 4) is 0 Å². The first-order valence-electron chi connectivity index (χ1n) is 9.91. The molecule has 8 nitrogen and oxygen atoms in total. The molecule has 150 valence electrons. The van der Waals surface area contributed by atoms with Gasteiger partial charge in [0.25, 0.3) is 5.91 Å². The van der Waals surface area contributed by atoms with E-state index in [9.17, 15) is 9.18 Å². The van der Waals surface area contributed by atoms with Gasteiger partial charge in [-0.2, -0.15) is 4.52 Å². The minimum absolute atomic E-state index is 0.120. The molecule has 5 rings (SSSR count). The molecule has 0 aliphatic carbocycles. The Morgan fingerprint density at radius 3 is 2.62 bits per heavy atom. The van der Waals surface area contributed by atoms with Crippen molar-refractivity contribution in [1.29, 1.82) is 0 Å². The number of carbonyl (C=O) groups is 1. The van der Waals surface area contributed by atoms with Crippen molar-refractivity contribution < 1.29 is 9.18 Å². The van der Waals surface area contributed by atoms with Crippen LogP contribution in [0.1, 0.15) is 28.8 Å². The molecule has 2 aliphatic rings. The number of aromatic nitrogens is 5. The third-order valence-corrected chi connectivity index (χ3v) is 5.99. The van der Waals surface area contributed by atoms with E-state index < -0.39 is 0 Å². The van der Waals surface area contributed by atoms with E-state index in [1.165, 1.54) is 6.07 Å². The molecule has 2 aliphatic heterocycles. The Balaban J connectivity index is 1.29. The van der Waals surface area contributed by atoms with Crippen molar-refractivity contribution in [2.45, 2.75) is 20.3 Å². The van der Waals surface area contributed by atoms with Crippen LogP contribution in [0.25, 0.3) is 5.65 Å². The van der Waals surface area contributed by atoms with Gasteiger partial charge in [-0.3, -0.25) is 4.79 Å². The summed E-state index contributed by atoms with van der Waals surface area (Å²) in [5.74, 6) is 2.04. The van der Waals surface area contributed by atoms with E-state index >= 15 is 0 Å². The molecular weight excluding hydrogens is 373 g/mol. The molecule has 2 unspecified atom stereocenters. The summed E-state index contributed by atoms with van der Waals surface area (Å²) in [4.78, 5) is 20.9. The van der Waals surface area contributed by atoms with Crippen molar-refractivity contribution in [3.63, 3.8) is 0 Å². The van der Waals surface area contributed by atoms with Crippen molar-refractivity contribution in [2.75, 3.05) is 31.1 Å². The summed E-state index contributed by atoms with van der Waals surface area (Å²) in [5, 5.41) is 13.0. The number of hydrogen-bond acceptors (Lipinski definition) is 6. The number of fused-ring (bicyclic) bond motifs is 2. The van der Waals surface area contributed by atoms with E-state index in [-0.39, 0.29) is 11.7 Å². The van der Waals surface area contributed by atoms with Gasteiger partial charge in [-0.1, -0.05) is 6.92 Å². The zero-order valence-electron chi connectivity index (χ0n) is 16.4. The lowest BCUT2D eigenvalue weighted by Gasteiger charge is -2.22. The van der Waals surface area contributed by atoms with Crippen molar-refractivity contribution >= 4 is 17.4 Å². The number of anilines is 1. The van der Waals surface area contributed by atoms with E-state index in [2.05, 4.69) is 20.1 Å². The zero-order chi connectivity index (χ0) is 20.1. The van der Waals surface area contributed by atoms with Gasteiger partial charge in [0.1, 0.15) is 17.3 Å². The van der Waals surface area contributed by atoms with E-state index in [4.69, 9.17) is 5.10 Å². The van der Waals surface area contributed by atoms with Crippen LogP contribution in [0.3, 0.4) is 0 Å². The number of rotatable bonds is 3. The fourth-order valence-corrected chi connectivity index (χ4v) is 4.38. The highest BCUT2D eigenvalue weighted by molar-refractivity contribution is 5.92. The van der Waals surface area contributed by atoms with Crippen LogP contribution in [-0.4, -0.2) is 61.8 Å². The van der Waals surface area contributed by atoms with Gasteiger partial charge in [0, 0.05) is 44.4 Å². The maximum atomic E-state index is 13.4. The Kier molecular flexibility index (Phi) is 4.18. The van der Waals surface area contributed by atoms with Crippen LogP contribution in [-0.2, 0) is 6.42 Å². The number of halogens is 1. The summed E-state index contributed by atoms with van der Waals surface area (Å²) in [6, 6.07) is 5.46. The molecule has 3 aromatic heterocycles. The van der Waals surface area contributed by atoms with Gasteiger partial charge in [-0.15, -0.1) is 15.3 Å². The standard InChI is InChI=1S/C20H22FN7O/c1-3-17-23-24-18-4-5-19(25-28(17)18)26-8-13-10-27(11-14(13)9-26)20(29)16-6-12(2)15(21)7-22-16/h4-7,13-14H,3,8-11H2,1-2H3. The molecule has 0 bridgehead atoms. The minimum atomic E-state index is -0.390. The molecule has 9 heteroatoms. The van der Waals surface area contributed by atoms with Crippen molar-refractivity contribution in [3.05, 3.63) is 47.3 Å². The summed E-state index contributed by atoms with van der Waals surface area (Å²) in [5.41, 5.74) is 1.51. The summed E-state index contributed by atoms with van der Waals surface area (Å²) < 4.78 is 15.3. The van der Waals surface area contributed by atoms with Gasteiger partial charge in [-0.25, -0.2) is 9.37 Å². The van der Waals surface area contributed by atoms with Crippen molar-refractivity contribution in [1.82, 2.24) is 29.7 Å².